The van der Waals surface area contributed by atoms with Crippen LogP contribution in [0.1, 0.15) is 12.5 Å². The number of hydrogen-bond donors (Lipinski definition) is 2. The minimum absolute atomic E-state index is 0.176. The number of alkyl halides is 3. The maximum Gasteiger partial charge on any atom is 0.417 e. The second-order valence-electron chi connectivity index (χ2n) is 4.11. The van der Waals surface area contributed by atoms with Gasteiger partial charge in [0.1, 0.15) is 6.61 Å². The third-order valence-electron chi connectivity index (χ3n) is 2.46. The maximum atomic E-state index is 12.2. The first kappa shape index (κ1) is 16.6. The molecule has 1 aromatic rings. The van der Waals surface area contributed by atoms with E-state index in [0.29, 0.717) is 18.9 Å². The first-order chi connectivity index (χ1) is 9.38. The molecule has 2 N–H and O–H groups in total. The average molecular weight is 293 g/mol. The molecule has 0 aromatic heterocycles. The standard InChI is InChI=1S/C13H18F3NO3/c1-3-19-11-6-9(7-17-2)4-5-10(11)20-8-12(18)13(14,15)16/h4-6,12,17-18H,3,7-8H2,1-2H3. The van der Waals surface area contributed by atoms with Crippen LogP contribution in [0.3, 0.4) is 0 Å². The van der Waals surface area contributed by atoms with Gasteiger partial charge in [-0.3, -0.25) is 0 Å². The monoisotopic (exact) mass is 293 g/mol. The van der Waals surface area contributed by atoms with Gasteiger partial charge >= 0.3 is 6.18 Å². The summed E-state index contributed by atoms with van der Waals surface area (Å²) in [6, 6.07) is 4.93. The van der Waals surface area contributed by atoms with Gasteiger partial charge in [-0.1, -0.05) is 6.07 Å². The van der Waals surface area contributed by atoms with Gasteiger partial charge in [0.05, 0.1) is 6.61 Å². The molecule has 0 radical (unpaired) electrons. The molecule has 0 amide bonds. The van der Waals surface area contributed by atoms with E-state index in [1.165, 1.54) is 6.07 Å². The first-order valence-corrected chi connectivity index (χ1v) is 6.16. The molecule has 0 heterocycles. The molecule has 0 aliphatic heterocycles. The molecule has 1 atom stereocenters. The molecule has 1 rings (SSSR count). The summed E-state index contributed by atoms with van der Waals surface area (Å²) in [5.74, 6) is 0.532. The SMILES string of the molecule is CCOc1cc(CNC)ccc1OCC(O)C(F)(F)F. The molecule has 114 valence electrons. The zero-order valence-corrected chi connectivity index (χ0v) is 11.3. The lowest BCUT2D eigenvalue weighted by molar-refractivity contribution is -0.210. The lowest BCUT2D eigenvalue weighted by Gasteiger charge is -2.17. The van der Waals surface area contributed by atoms with Crippen molar-refractivity contribution in [2.75, 3.05) is 20.3 Å². The van der Waals surface area contributed by atoms with E-state index in [0.717, 1.165) is 5.56 Å². The van der Waals surface area contributed by atoms with E-state index in [4.69, 9.17) is 14.6 Å². The molecule has 20 heavy (non-hydrogen) atoms. The molecular weight excluding hydrogens is 275 g/mol. The number of aliphatic hydroxyl groups excluding tert-OH is 1. The minimum Gasteiger partial charge on any atom is -0.490 e. The van der Waals surface area contributed by atoms with Crippen LogP contribution in [0.4, 0.5) is 13.2 Å². The Morgan fingerprint density at radius 3 is 2.50 bits per heavy atom. The van der Waals surface area contributed by atoms with Crippen LogP contribution >= 0.6 is 0 Å². The van der Waals surface area contributed by atoms with Crippen LogP contribution in [-0.2, 0) is 6.54 Å². The summed E-state index contributed by atoms with van der Waals surface area (Å²) in [7, 11) is 1.78. The molecule has 0 aliphatic carbocycles. The second kappa shape index (κ2) is 7.35. The molecule has 1 aromatic carbocycles. The molecule has 0 aliphatic rings. The lowest BCUT2D eigenvalue weighted by Crippen LogP contribution is -2.34. The number of ether oxygens (including phenoxy) is 2. The summed E-state index contributed by atoms with van der Waals surface area (Å²) in [5.41, 5.74) is 0.916. The van der Waals surface area contributed by atoms with Crippen LogP contribution in [0.5, 0.6) is 11.5 Å². The molecular formula is C13H18F3NO3. The number of rotatable bonds is 7. The van der Waals surface area contributed by atoms with Gasteiger partial charge in [-0.05, 0) is 31.7 Å². The number of aliphatic hydroxyl groups is 1. The maximum absolute atomic E-state index is 12.2. The van der Waals surface area contributed by atoms with Crippen molar-refractivity contribution < 1.29 is 27.8 Å². The van der Waals surface area contributed by atoms with Gasteiger partial charge in [0.15, 0.2) is 17.6 Å². The highest BCUT2D eigenvalue weighted by Crippen LogP contribution is 2.29. The van der Waals surface area contributed by atoms with Gasteiger partial charge in [-0.25, -0.2) is 0 Å². The molecule has 0 fully saturated rings. The van der Waals surface area contributed by atoms with Crippen LogP contribution in [0.15, 0.2) is 18.2 Å². The van der Waals surface area contributed by atoms with Crippen LogP contribution in [0, 0.1) is 0 Å². The van der Waals surface area contributed by atoms with E-state index in [1.54, 1.807) is 26.1 Å². The zero-order valence-electron chi connectivity index (χ0n) is 11.3. The van der Waals surface area contributed by atoms with Crippen LogP contribution in [-0.4, -0.2) is 37.6 Å². The topological polar surface area (TPSA) is 50.7 Å². The third kappa shape index (κ3) is 4.90. The molecule has 1 unspecified atom stereocenters. The Hall–Kier alpha value is -1.47. The van der Waals surface area contributed by atoms with E-state index < -0.39 is 18.9 Å². The van der Waals surface area contributed by atoms with Gasteiger partial charge in [-0.15, -0.1) is 0 Å². The highest BCUT2D eigenvalue weighted by Gasteiger charge is 2.38. The van der Waals surface area contributed by atoms with Crippen molar-refractivity contribution in [2.24, 2.45) is 0 Å². The summed E-state index contributed by atoms with van der Waals surface area (Å²) in [6.07, 6.45) is -7.22. The van der Waals surface area contributed by atoms with Crippen molar-refractivity contribution in [2.45, 2.75) is 25.7 Å². The minimum atomic E-state index is -4.70. The summed E-state index contributed by atoms with van der Waals surface area (Å²) in [6.45, 7) is 1.86. The highest BCUT2D eigenvalue weighted by atomic mass is 19.4. The number of benzene rings is 1. The number of halogens is 3. The Morgan fingerprint density at radius 2 is 1.95 bits per heavy atom. The Bertz CT molecular complexity index is 424. The molecule has 7 heteroatoms. The van der Waals surface area contributed by atoms with Gasteiger partial charge in [-0.2, -0.15) is 13.2 Å². The first-order valence-electron chi connectivity index (χ1n) is 6.16. The van der Waals surface area contributed by atoms with E-state index in [1.807, 2.05) is 0 Å². The van der Waals surface area contributed by atoms with E-state index in [2.05, 4.69) is 5.32 Å². The molecule has 0 saturated carbocycles. The molecule has 0 saturated heterocycles. The Morgan fingerprint density at radius 1 is 1.25 bits per heavy atom. The van der Waals surface area contributed by atoms with Gasteiger partial charge in [0, 0.05) is 6.54 Å². The van der Waals surface area contributed by atoms with Crippen molar-refractivity contribution in [1.29, 1.82) is 0 Å². The summed E-state index contributed by atoms with van der Waals surface area (Å²) >= 11 is 0. The Labute approximate surface area is 115 Å². The Balaban J connectivity index is 2.78. The van der Waals surface area contributed by atoms with Crippen LogP contribution in [0.2, 0.25) is 0 Å². The van der Waals surface area contributed by atoms with E-state index in [9.17, 15) is 13.2 Å². The zero-order chi connectivity index (χ0) is 15.2. The van der Waals surface area contributed by atoms with Crippen molar-refractivity contribution >= 4 is 0 Å². The van der Waals surface area contributed by atoms with E-state index in [-0.39, 0.29) is 5.75 Å². The quantitative estimate of drug-likeness (QED) is 0.808. The normalized spacial score (nSPS) is 13.1. The largest absolute Gasteiger partial charge is 0.490 e. The predicted molar refractivity (Wildman–Crippen MR) is 67.9 cm³/mol. The van der Waals surface area contributed by atoms with Crippen molar-refractivity contribution in [3.8, 4) is 11.5 Å². The third-order valence-corrected chi connectivity index (χ3v) is 2.46. The summed E-state index contributed by atoms with van der Waals surface area (Å²) < 4.78 is 46.9. The number of hydrogen-bond acceptors (Lipinski definition) is 4. The van der Waals surface area contributed by atoms with Crippen molar-refractivity contribution in [3.05, 3.63) is 23.8 Å². The number of nitrogens with one attached hydrogen (secondary N) is 1. The molecule has 0 spiro atoms. The highest BCUT2D eigenvalue weighted by molar-refractivity contribution is 5.43. The van der Waals surface area contributed by atoms with Crippen molar-refractivity contribution in [3.63, 3.8) is 0 Å². The smallest absolute Gasteiger partial charge is 0.417 e. The van der Waals surface area contributed by atoms with Crippen LogP contribution < -0.4 is 14.8 Å². The fraction of sp³-hybridized carbons (Fsp3) is 0.538. The van der Waals surface area contributed by atoms with Gasteiger partial charge in [0.25, 0.3) is 0 Å². The summed E-state index contributed by atoms with van der Waals surface area (Å²) in [5, 5.41) is 11.9. The molecule has 0 bridgehead atoms. The average Bonchev–Trinajstić information content (AvgIpc) is 2.37. The van der Waals surface area contributed by atoms with Gasteiger partial charge in [0.2, 0.25) is 0 Å². The Kier molecular flexibility index (Phi) is 6.09. The predicted octanol–water partition coefficient (Wildman–Crippen LogP) is 2.11. The fourth-order valence-electron chi connectivity index (χ4n) is 1.52. The fourth-order valence-corrected chi connectivity index (χ4v) is 1.52. The van der Waals surface area contributed by atoms with Crippen LogP contribution in [0.25, 0.3) is 0 Å². The van der Waals surface area contributed by atoms with E-state index >= 15 is 0 Å². The summed E-state index contributed by atoms with van der Waals surface area (Å²) in [4.78, 5) is 0. The van der Waals surface area contributed by atoms with Gasteiger partial charge < -0.3 is 19.9 Å². The molecule has 4 nitrogen and oxygen atoms in total. The lowest BCUT2D eigenvalue weighted by atomic mass is 10.2. The second-order valence-corrected chi connectivity index (χ2v) is 4.11. The van der Waals surface area contributed by atoms with Crippen molar-refractivity contribution in [1.82, 2.24) is 5.32 Å².